The van der Waals surface area contributed by atoms with Gasteiger partial charge in [-0.1, -0.05) is 30.3 Å². The van der Waals surface area contributed by atoms with Crippen molar-refractivity contribution < 1.29 is 14.3 Å². The normalized spacial score (nSPS) is 20.0. The topological polar surface area (TPSA) is 73.9 Å². The van der Waals surface area contributed by atoms with E-state index in [1.807, 2.05) is 30.0 Å². The van der Waals surface area contributed by atoms with Crippen LogP contribution in [0.15, 0.2) is 48.5 Å². The fourth-order valence-corrected chi connectivity index (χ4v) is 3.85. The molecule has 2 heterocycles. The largest absolute Gasteiger partial charge is 0.479 e. The maximum absolute atomic E-state index is 12.9. The van der Waals surface area contributed by atoms with Gasteiger partial charge in [0.1, 0.15) is 11.8 Å². The van der Waals surface area contributed by atoms with Crippen molar-refractivity contribution >= 4 is 23.2 Å². The average molecular weight is 409 g/mol. The van der Waals surface area contributed by atoms with E-state index in [1.165, 1.54) is 5.56 Å². The molecular weight excluding hydrogens is 380 g/mol. The Morgan fingerprint density at radius 3 is 2.63 bits per heavy atom. The first kappa shape index (κ1) is 20.2. The summed E-state index contributed by atoms with van der Waals surface area (Å²) < 4.78 is 5.58. The van der Waals surface area contributed by atoms with Gasteiger partial charge in [0, 0.05) is 38.4 Å². The molecule has 0 bridgehead atoms. The molecule has 7 heteroatoms. The molecule has 0 saturated carbocycles. The number of hydrogen-bond acceptors (Lipinski definition) is 5. The monoisotopic (exact) mass is 408 g/mol. The molecule has 4 rings (SSSR count). The molecular formula is C23H28N4O3. The fourth-order valence-electron chi connectivity index (χ4n) is 3.85. The molecule has 2 aliphatic heterocycles. The number of carbonyl (C=O) groups excluding carboxylic acids is 2. The van der Waals surface area contributed by atoms with E-state index in [1.54, 1.807) is 13.0 Å². The first-order chi connectivity index (χ1) is 14.5. The van der Waals surface area contributed by atoms with Gasteiger partial charge in [-0.25, -0.2) is 0 Å². The van der Waals surface area contributed by atoms with Crippen LogP contribution < -0.4 is 15.4 Å². The lowest BCUT2D eigenvalue weighted by Crippen LogP contribution is -2.51. The maximum Gasteiger partial charge on any atom is 0.265 e. The smallest absolute Gasteiger partial charge is 0.265 e. The summed E-state index contributed by atoms with van der Waals surface area (Å²) in [5.41, 5.74) is 2.69. The molecule has 0 spiro atoms. The Hall–Kier alpha value is -3.06. The third-order valence-electron chi connectivity index (χ3n) is 5.60. The molecule has 0 aliphatic carbocycles. The minimum absolute atomic E-state index is 0.0842. The molecule has 2 aromatic rings. The summed E-state index contributed by atoms with van der Waals surface area (Å²) in [5, 5.41) is 6.09. The first-order valence-electron chi connectivity index (χ1n) is 10.4. The third-order valence-corrected chi connectivity index (χ3v) is 5.60. The van der Waals surface area contributed by atoms with Crippen LogP contribution in [0.5, 0.6) is 5.75 Å². The molecule has 2 aliphatic rings. The van der Waals surface area contributed by atoms with E-state index in [4.69, 9.17) is 4.74 Å². The van der Waals surface area contributed by atoms with Gasteiger partial charge in [-0.2, -0.15) is 0 Å². The zero-order valence-corrected chi connectivity index (χ0v) is 17.4. The van der Waals surface area contributed by atoms with E-state index >= 15 is 0 Å². The summed E-state index contributed by atoms with van der Waals surface area (Å²) in [7, 11) is 0. The lowest BCUT2D eigenvalue weighted by Gasteiger charge is -2.36. The van der Waals surface area contributed by atoms with E-state index in [-0.39, 0.29) is 17.9 Å². The molecule has 0 radical (unpaired) electrons. The Labute approximate surface area is 177 Å². The van der Waals surface area contributed by atoms with Crippen LogP contribution in [0.3, 0.4) is 0 Å². The summed E-state index contributed by atoms with van der Waals surface area (Å²) >= 11 is 0. The van der Waals surface area contributed by atoms with Crippen LogP contribution >= 0.6 is 0 Å². The van der Waals surface area contributed by atoms with Crippen molar-refractivity contribution in [1.29, 1.82) is 0 Å². The molecule has 2 aromatic carbocycles. The number of carbonyl (C=O) groups is 2. The standard InChI is InChI=1S/C23H28N4O3/c1-16(24-19-8-9-21-20(14-19)25-22(28)17(2)30-21)23(29)27-12-10-26(11-13-27)15-18-6-4-3-5-7-18/h3-9,14,16-17,24H,10-13,15H2,1-2H3,(H,25,28)/t16-,17+/m1/s1. The Morgan fingerprint density at radius 1 is 1.17 bits per heavy atom. The zero-order valence-electron chi connectivity index (χ0n) is 17.4. The number of anilines is 2. The van der Waals surface area contributed by atoms with Gasteiger partial charge in [0.15, 0.2) is 6.10 Å². The lowest BCUT2D eigenvalue weighted by atomic mass is 10.1. The van der Waals surface area contributed by atoms with Gasteiger partial charge in [0.05, 0.1) is 5.69 Å². The SMILES string of the molecule is C[C@@H]1Oc2ccc(N[C@H](C)C(=O)N3CCN(Cc4ccccc4)CC3)cc2NC1=O. The Balaban J connectivity index is 1.30. The van der Waals surface area contributed by atoms with Crippen LogP contribution in [-0.4, -0.2) is 59.9 Å². The lowest BCUT2D eigenvalue weighted by molar-refractivity contribution is -0.133. The Kier molecular flexibility index (Phi) is 5.90. The van der Waals surface area contributed by atoms with Crippen LogP contribution in [0.2, 0.25) is 0 Å². The summed E-state index contributed by atoms with van der Waals surface area (Å²) in [6.07, 6.45) is -0.502. The molecule has 1 fully saturated rings. The Bertz CT molecular complexity index is 910. The van der Waals surface area contributed by atoms with Crippen LogP contribution in [-0.2, 0) is 16.1 Å². The highest BCUT2D eigenvalue weighted by Gasteiger charge is 2.26. The summed E-state index contributed by atoms with van der Waals surface area (Å²) in [5.74, 6) is 0.555. The van der Waals surface area contributed by atoms with E-state index in [0.29, 0.717) is 11.4 Å². The van der Waals surface area contributed by atoms with Crippen molar-refractivity contribution in [1.82, 2.24) is 9.80 Å². The average Bonchev–Trinajstić information content (AvgIpc) is 2.75. The van der Waals surface area contributed by atoms with Crippen molar-refractivity contribution in [3.05, 3.63) is 54.1 Å². The van der Waals surface area contributed by atoms with Gasteiger partial charge in [0.25, 0.3) is 5.91 Å². The van der Waals surface area contributed by atoms with Crippen molar-refractivity contribution in [3.63, 3.8) is 0 Å². The number of piperazine rings is 1. The molecule has 0 unspecified atom stereocenters. The molecule has 2 amide bonds. The van der Waals surface area contributed by atoms with Crippen LogP contribution in [0.4, 0.5) is 11.4 Å². The molecule has 2 atom stereocenters. The number of hydrogen-bond donors (Lipinski definition) is 2. The van der Waals surface area contributed by atoms with Gasteiger partial charge < -0.3 is 20.3 Å². The molecule has 1 saturated heterocycles. The predicted molar refractivity (Wildman–Crippen MR) is 117 cm³/mol. The quantitative estimate of drug-likeness (QED) is 0.796. The predicted octanol–water partition coefficient (Wildman–Crippen LogP) is 2.55. The van der Waals surface area contributed by atoms with Crippen molar-refractivity contribution in [2.75, 3.05) is 36.8 Å². The van der Waals surface area contributed by atoms with E-state index < -0.39 is 6.10 Å². The second kappa shape index (κ2) is 8.75. The van der Waals surface area contributed by atoms with Gasteiger partial charge in [-0.15, -0.1) is 0 Å². The first-order valence-corrected chi connectivity index (χ1v) is 10.4. The minimum Gasteiger partial charge on any atom is -0.479 e. The third kappa shape index (κ3) is 4.57. The van der Waals surface area contributed by atoms with E-state index in [0.717, 1.165) is 38.4 Å². The fraction of sp³-hybridized carbons (Fsp3) is 0.391. The van der Waals surface area contributed by atoms with Crippen LogP contribution in [0, 0.1) is 0 Å². The van der Waals surface area contributed by atoms with Crippen LogP contribution in [0.25, 0.3) is 0 Å². The van der Waals surface area contributed by atoms with Crippen molar-refractivity contribution in [2.45, 2.75) is 32.5 Å². The van der Waals surface area contributed by atoms with Gasteiger partial charge in [0.2, 0.25) is 5.91 Å². The summed E-state index contributed by atoms with van der Waals surface area (Å²) in [6, 6.07) is 15.5. The summed E-state index contributed by atoms with van der Waals surface area (Å²) in [4.78, 5) is 29.0. The number of nitrogens with zero attached hydrogens (tertiary/aromatic N) is 2. The number of nitrogens with one attached hydrogen (secondary N) is 2. The number of ether oxygens (including phenoxy) is 1. The van der Waals surface area contributed by atoms with Crippen molar-refractivity contribution in [3.8, 4) is 5.75 Å². The molecule has 0 aromatic heterocycles. The highest BCUT2D eigenvalue weighted by atomic mass is 16.5. The second-order valence-electron chi connectivity index (χ2n) is 7.91. The zero-order chi connectivity index (χ0) is 21.1. The maximum atomic E-state index is 12.9. The van der Waals surface area contributed by atoms with Crippen molar-refractivity contribution in [2.24, 2.45) is 0 Å². The number of fused-ring (bicyclic) bond motifs is 1. The van der Waals surface area contributed by atoms with Gasteiger partial charge in [-0.3, -0.25) is 14.5 Å². The molecule has 30 heavy (non-hydrogen) atoms. The van der Waals surface area contributed by atoms with E-state index in [9.17, 15) is 9.59 Å². The number of amides is 2. The Morgan fingerprint density at radius 2 is 1.90 bits per heavy atom. The number of rotatable bonds is 5. The van der Waals surface area contributed by atoms with E-state index in [2.05, 4.69) is 39.8 Å². The van der Waals surface area contributed by atoms with Gasteiger partial charge >= 0.3 is 0 Å². The minimum atomic E-state index is -0.502. The van der Waals surface area contributed by atoms with Crippen LogP contribution in [0.1, 0.15) is 19.4 Å². The molecule has 2 N–H and O–H groups in total. The highest BCUT2D eigenvalue weighted by molar-refractivity contribution is 5.98. The second-order valence-corrected chi connectivity index (χ2v) is 7.91. The number of benzene rings is 2. The summed E-state index contributed by atoms with van der Waals surface area (Å²) in [6.45, 7) is 7.69. The van der Waals surface area contributed by atoms with Gasteiger partial charge in [-0.05, 0) is 37.6 Å². The molecule has 7 nitrogen and oxygen atoms in total. The molecule has 158 valence electrons. The highest BCUT2D eigenvalue weighted by Crippen LogP contribution is 2.32.